The highest BCUT2D eigenvalue weighted by Gasteiger charge is 2.22. The first-order valence-corrected chi connectivity index (χ1v) is 9.16. The Morgan fingerprint density at radius 1 is 1.00 bits per heavy atom. The maximum Gasteiger partial charge on any atom is 0.261 e. The largest absolute Gasteiger partial charge is 0.497 e. The highest BCUT2D eigenvalue weighted by Crippen LogP contribution is 2.23. The first kappa shape index (κ1) is 19.8. The second-order valence-electron chi connectivity index (χ2n) is 6.52. The van der Waals surface area contributed by atoms with Crippen molar-refractivity contribution in [3.8, 4) is 11.5 Å². The Bertz CT molecular complexity index is 725. The van der Waals surface area contributed by atoms with Crippen molar-refractivity contribution < 1.29 is 14.3 Å². The van der Waals surface area contributed by atoms with Crippen LogP contribution >= 0.6 is 0 Å². The van der Waals surface area contributed by atoms with Gasteiger partial charge in [-0.2, -0.15) is 0 Å². The standard InChI is InChI=1S/C22H29NO3/c1-6-20(19-13-8-15(3)14-16(19)4)23-22(24)21(7-2)26-18-11-9-17(25-5)10-12-18/h8-14,20-21H,6-7H2,1-5H3,(H,23,24)/t20-,21+/m1/s1. The first-order chi connectivity index (χ1) is 12.5. The molecule has 0 aliphatic rings. The molecule has 2 rings (SSSR count). The summed E-state index contributed by atoms with van der Waals surface area (Å²) in [5, 5.41) is 3.15. The lowest BCUT2D eigenvalue weighted by atomic mass is 9.97. The molecule has 0 aliphatic heterocycles. The summed E-state index contributed by atoms with van der Waals surface area (Å²) in [6.07, 6.45) is 0.902. The Labute approximate surface area is 156 Å². The van der Waals surface area contributed by atoms with E-state index in [4.69, 9.17) is 9.47 Å². The Hall–Kier alpha value is -2.49. The van der Waals surface area contributed by atoms with Gasteiger partial charge in [-0.15, -0.1) is 0 Å². The number of ether oxygens (including phenoxy) is 2. The molecule has 140 valence electrons. The van der Waals surface area contributed by atoms with Crippen molar-refractivity contribution in [1.29, 1.82) is 0 Å². The Balaban J connectivity index is 2.08. The molecule has 4 heteroatoms. The van der Waals surface area contributed by atoms with Gasteiger partial charge in [0.2, 0.25) is 0 Å². The van der Waals surface area contributed by atoms with Crippen LogP contribution in [0.3, 0.4) is 0 Å². The van der Waals surface area contributed by atoms with Crippen LogP contribution in [0.4, 0.5) is 0 Å². The molecule has 0 heterocycles. The molecule has 0 unspecified atom stereocenters. The SMILES string of the molecule is CC[C@H](Oc1ccc(OC)cc1)C(=O)N[C@H](CC)c1ccc(C)cc1C. The molecule has 0 fully saturated rings. The number of hydrogen-bond donors (Lipinski definition) is 1. The molecule has 0 aliphatic carbocycles. The van der Waals surface area contributed by atoms with Crippen LogP contribution in [0.15, 0.2) is 42.5 Å². The summed E-state index contributed by atoms with van der Waals surface area (Å²) in [5.74, 6) is 1.33. The van der Waals surface area contributed by atoms with E-state index >= 15 is 0 Å². The van der Waals surface area contributed by atoms with Crippen LogP contribution in [-0.4, -0.2) is 19.1 Å². The summed E-state index contributed by atoms with van der Waals surface area (Å²) in [6.45, 7) is 8.19. The number of benzene rings is 2. The number of methoxy groups -OCH3 is 1. The van der Waals surface area contributed by atoms with Gasteiger partial charge in [-0.3, -0.25) is 4.79 Å². The van der Waals surface area contributed by atoms with E-state index in [0.29, 0.717) is 12.2 Å². The predicted molar refractivity (Wildman–Crippen MR) is 105 cm³/mol. The van der Waals surface area contributed by atoms with Crippen LogP contribution in [0.5, 0.6) is 11.5 Å². The lowest BCUT2D eigenvalue weighted by Crippen LogP contribution is -2.40. The normalized spacial score (nSPS) is 13.0. The minimum Gasteiger partial charge on any atom is -0.497 e. The quantitative estimate of drug-likeness (QED) is 0.744. The maximum absolute atomic E-state index is 12.8. The van der Waals surface area contributed by atoms with Crippen molar-refractivity contribution in [3.05, 3.63) is 59.2 Å². The van der Waals surface area contributed by atoms with Gasteiger partial charge in [0.25, 0.3) is 5.91 Å². The zero-order valence-electron chi connectivity index (χ0n) is 16.3. The molecule has 0 aromatic heterocycles. The van der Waals surface area contributed by atoms with E-state index in [9.17, 15) is 4.79 Å². The number of aryl methyl sites for hydroxylation is 2. The first-order valence-electron chi connectivity index (χ1n) is 9.16. The number of nitrogens with one attached hydrogen (secondary N) is 1. The molecule has 2 atom stereocenters. The minimum atomic E-state index is -0.525. The van der Waals surface area contributed by atoms with Crippen LogP contribution < -0.4 is 14.8 Å². The highest BCUT2D eigenvalue weighted by atomic mass is 16.5. The van der Waals surface area contributed by atoms with Crippen LogP contribution in [0, 0.1) is 13.8 Å². The number of hydrogen-bond acceptors (Lipinski definition) is 3. The molecule has 0 spiro atoms. The van der Waals surface area contributed by atoms with E-state index in [-0.39, 0.29) is 11.9 Å². The summed E-state index contributed by atoms with van der Waals surface area (Å²) in [7, 11) is 1.62. The molecule has 0 saturated carbocycles. The van der Waals surface area contributed by atoms with Gasteiger partial charge < -0.3 is 14.8 Å². The third kappa shape index (κ3) is 5.01. The summed E-state index contributed by atoms with van der Waals surface area (Å²) < 4.78 is 11.0. The monoisotopic (exact) mass is 355 g/mol. The predicted octanol–water partition coefficient (Wildman–Crippen LogP) is 4.74. The number of amides is 1. The lowest BCUT2D eigenvalue weighted by molar-refractivity contribution is -0.128. The van der Waals surface area contributed by atoms with Gasteiger partial charge in [0.05, 0.1) is 13.2 Å². The van der Waals surface area contributed by atoms with Crippen molar-refractivity contribution in [2.75, 3.05) is 7.11 Å². The number of carbonyl (C=O) groups is 1. The molecule has 0 saturated heterocycles. The topological polar surface area (TPSA) is 47.6 Å². The van der Waals surface area contributed by atoms with E-state index in [2.05, 4.69) is 44.3 Å². The van der Waals surface area contributed by atoms with Gasteiger partial charge in [-0.1, -0.05) is 37.6 Å². The fourth-order valence-corrected chi connectivity index (χ4v) is 3.02. The fraction of sp³-hybridized carbons (Fsp3) is 0.409. The average molecular weight is 355 g/mol. The highest BCUT2D eigenvalue weighted by molar-refractivity contribution is 5.81. The lowest BCUT2D eigenvalue weighted by Gasteiger charge is -2.23. The third-order valence-corrected chi connectivity index (χ3v) is 4.53. The van der Waals surface area contributed by atoms with Crippen LogP contribution in [-0.2, 0) is 4.79 Å². The van der Waals surface area contributed by atoms with Crippen molar-refractivity contribution >= 4 is 5.91 Å². The Morgan fingerprint density at radius 3 is 2.19 bits per heavy atom. The van der Waals surface area contributed by atoms with E-state index in [0.717, 1.165) is 17.7 Å². The Kier molecular flexibility index (Phi) is 7.07. The van der Waals surface area contributed by atoms with Gasteiger partial charge >= 0.3 is 0 Å². The van der Waals surface area contributed by atoms with Crippen LogP contribution in [0.25, 0.3) is 0 Å². The minimum absolute atomic E-state index is 0.0170. The van der Waals surface area contributed by atoms with Gasteiger partial charge in [-0.05, 0) is 62.1 Å². The van der Waals surface area contributed by atoms with Crippen molar-refractivity contribution in [1.82, 2.24) is 5.32 Å². The second-order valence-corrected chi connectivity index (χ2v) is 6.52. The zero-order valence-corrected chi connectivity index (χ0v) is 16.3. The molecule has 26 heavy (non-hydrogen) atoms. The molecular formula is C22H29NO3. The van der Waals surface area contributed by atoms with Crippen molar-refractivity contribution in [2.24, 2.45) is 0 Å². The molecule has 2 aromatic rings. The van der Waals surface area contributed by atoms with E-state index in [1.807, 2.05) is 31.2 Å². The number of rotatable bonds is 8. The molecule has 2 aromatic carbocycles. The van der Waals surface area contributed by atoms with Gasteiger partial charge in [0.15, 0.2) is 6.10 Å². The Morgan fingerprint density at radius 2 is 1.65 bits per heavy atom. The molecular weight excluding hydrogens is 326 g/mol. The summed E-state index contributed by atoms with van der Waals surface area (Å²) in [6, 6.07) is 13.6. The third-order valence-electron chi connectivity index (χ3n) is 4.53. The smallest absolute Gasteiger partial charge is 0.261 e. The molecule has 4 nitrogen and oxygen atoms in total. The molecule has 0 bridgehead atoms. The van der Waals surface area contributed by atoms with Crippen molar-refractivity contribution in [2.45, 2.75) is 52.7 Å². The average Bonchev–Trinajstić information content (AvgIpc) is 2.65. The fourth-order valence-electron chi connectivity index (χ4n) is 3.02. The summed E-state index contributed by atoms with van der Waals surface area (Å²) in [4.78, 5) is 12.8. The van der Waals surface area contributed by atoms with E-state index < -0.39 is 6.10 Å². The van der Waals surface area contributed by atoms with Crippen LogP contribution in [0.2, 0.25) is 0 Å². The molecule has 1 N–H and O–H groups in total. The van der Waals surface area contributed by atoms with E-state index in [1.54, 1.807) is 7.11 Å². The zero-order chi connectivity index (χ0) is 19.1. The number of carbonyl (C=O) groups excluding carboxylic acids is 1. The summed E-state index contributed by atoms with van der Waals surface area (Å²) >= 11 is 0. The maximum atomic E-state index is 12.8. The van der Waals surface area contributed by atoms with Gasteiger partial charge in [0, 0.05) is 0 Å². The van der Waals surface area contributed by atoms with Gasteiger partial charge in [-0.25, -0.2) is 0 Å². The summed E-state index contributed by atoms with van der Waals surface area (Å²) in [5.41, 5.74) is 3.58. The van der Waals surface area contributed by atoms with Gasteiger partial charge in [0.1, 0.15) is 11.5 Å². The van der Waals surface area contributed by atoms with Crippen LogP contribution in [0.1, 0.15) is 49.4 Å². The molecule has 1 amide bonds. The van der Waals surface area contributed by atoms with E-state index in [1.165, 1.54) is 11.1 Å². The molecule has 0 radical (unpaired) electrons. The second kappa shape index (κ2) is 9.27. The van der Waals surface area contributed by atoms with Crippen molar-refractivity contribution in [3.63, 3.8) is 0 Å².